The van der Waals surface area contributed by atoms with Crippen molar-refractivity contribution in [1.82, 2.24) is 10.2 Å². The number of hydrogen-bond acceptors (Lipinski definition) is 2. The number of nitrogens with one attached hydrogen (secondary N) is 1. The molecule has 0 aromatic carbocycles. The van der Waals surface area contributed by atoms with Crippen LogP contribution in [-0.2, 0) is 4.79 Å². The first kappa shape index (κ1) is 8.05. The standard InChI is InChI=1S/C9H16N2O/c1-10-6-7-4-5-11(9(7)12)8-2-3-8/h7-8,10H,2-6H2,1H3. The van der Waals surface area contributed by atoms with E-state index in [2.05, 4.69) is 10.2 Å². The van der Waals surface area contributed by atoms with E-state index in [0.717, 1.165) is 19.5 Å². The Morgan fingerprint density at radius 3 is 2.83 bits per heavy atom. The predicted octanol–water partition coefficient (Wildman–Crippen LogP) is 0.217. The van der Waals surface area contributed by atoms with Gasteiger partial charge in [0.2, 0.25) is 5.91 Å². The number of nitrogens with zero attached hydrogens (tertiary/aromatic N) is 1. The minimum atomic E-state index is 0.260. The maximum absolute atomic E-state index is 11.7. The predicted molar refractivity (Wildman–Crippen MR) is 46.8 cm³/mol. The van der Waals surface area contributed by atoms with Gasteiger partial charge in [-0.3, -0.25) is 4.79 Å². The van der Waals surface area contributed by atoms with Gasteiger partial charge in [-0.05, 0) is 26.3 Å². The zero-order chi connectivity index (χ0) is 8.55. The highest BCUT2D eigenvalue weighted by Crippen LogP contribution is 2.32. The summed E-state index contributed by atoms with van der Waals surface area (Å²) in [6, 6.07) is 0.611. The Morgan fingerprint density at radius 1 is 1.50 bits per heavy atom. The summed E-state index contributed by atoms with van der Waals surface area (Å²) in [6.45, 7) is 1.85. The molecule has 68 valence electrons. The largest absolute Gasteiger partial charge is 0.339 e. The number of likely N-dealkylation sites (tertiary alicyclic amines) is 1. The van der Waals surface area contributed by atoms with Gasteiger partial charge in [-0.25, -0.2) is 0 Å². The lowest BCUT2D eigenvalue weighted by atomic mass is 10.1. The molecule has 1 heterocycles. The topological polar surface area (TPSA) is 32.3 Å². The maximum Gasteiger partial charge on any atom is 0.227 e. The molecule has 2 fully saturated rings. The van der Waals surface area contributed by atoms with Gasteiger partial charge in [0.05, 0.1) is 5.92 Å². The van der Waals surface area contributed by atoms with Crippen molar-refractivity contribution in [2.75, 3.05) is 20.1 Å². The lowest BCUT2D eigenvalue weighted by Crippen LogP contribution is -2.32. The summed E-state index contributed by atoms with van der Waals surface area (Å²) in [5, 5.41) is 3.07. The van der Waals surface area contributed by atoms with Crippen molar-refractivity contribution in [2.24, 2.45) is 5.92 Å². The molecular formula is C9H16N2O. The van der Waals surface area contributed by atoms with Crippen molar-refractivity contribution in [3.8, 4) is 0 Å². The third-order valence-electron chi connectivity index (χ3n) is 2.79. The van der Waals surface area contributed by atoms with E-state index in [1.807, 2.05) is 7.05 Å². The van der Waals surface area contributed by atoms with Gasteiger partial charge in [0.1, 0.15) is 0 Å². The Morgan fingerprint density at radius 2 is 2.25 bits per heavy atom. The number of amides is 1. The SMILES string of the molecule is CNCC1CCN(C2CC2)C1=O. The van der Waals surface area contributed by atoms with E-state index in [9.17, 15) is 4.79 Å². The molecule has 1 unspecified atom stereocenters. The second-order valence-corrected chi connectivity index (χ2v) is 3.81. The second-order valence-electron chi connectivity index (χ2n) is 3.81. The molecule has 2 aliphatic rings. The van der Waals surface area contributed by atoms with Crippen LogP contribution in [0.25, 0.3) is 0 Å². The molecule has 2 rings (SSSR count). The normalized spacial score (nSPS) is 29.9. The number of rotatable bonds is 3. The number of carbonyl (C=O) groups is 1. The molecule has 0 bridgehead atoms. The van der Waals surface area contributed by atoms with Crippen LogP contribution in [0, 0.1) is 5.92 Å². The van der Waals surface area contributed by atoms with Crippen LogP contribution in [0.1, 0.15) is 19.3 Å². The summed E-state index contributed by atoms with van der Waals surface area (Å²) in [4.78, 5) is 13.7. The van der Waals surface area contributed by atoms with Crippen LogP contribution in [0.2, 0.25) is 0 Å². The molecule has 3 heteroatoms. The van der Waals surface area contributed by atoms with E-state index in [0.29, 0.717) is 11.9 Å². The van der Waals surface area contributed by atoms with Gasteiger partial charge >= 0.3 is 0 Å². The van der Waals surface area contributed by atoms with E-state index in [1.165, 1.54) is 12.8 Å². The molecule has 1 aliphatic carbocycles. The zero-order valence-corrected chi connectivity index (χ0v) is 7.55. The molecule has 0 aromatic heterocycles. The first-order valence-electron chi connectivity index (χ1n) is 4.78. The van der Waals surface area contributed by atoms with Gasteiger partial charge in [0.15, 0.2) is 0 Å². The quantitative estimate of drug-likeness (QED) is 0.653. The molecule has 3 nitrogen and oxygen atoms in total. The molecule has 1 amide bonds. The van der Waals surface area contributed by atoms with Crippen molar-refractivity contribution in [3.63, 3.8) is 0 Å². The first-order chi connectivity index (χ1) is 5.83. The van der Waals surface area contributed by atoms with Gasteiger partial charge in [0.25, 0.3) is 0 Å². The van der Waals surface area contributed by atoms with Gasteiger partial charge < -0.3 is 10.2 Å². The average molecular weight is 168 g/mol. The van der Waals surface area contributed by atoms with E-state index in [-0.39, 0.29) is 5.92 Å². The lowest BCUT2D eigenvalue weighted by Gasteiger charge is -2.15. The maximum atomic E-state index is 11.7. The second kappa shape index (κ2) is 3.05. The Balaban J connectivity index is 1.91. The van der Waals surface area contributed by atoms with Crippen molar-refractivity contribution in [3.05, 3.63) is 0 Å². The summed E-state index contributed by atoms with van der Waals surface area (Å²) < 4.78 is 0. The van der Waals surface area contributed by atoms with Crippen LogP contribution < -0.4 is 5.32 Å². The fourth-order valence-electron chi connectivity index (χ4n) is 1.95. The highest BCUT2D eigenvalue weighted by Gasteiger charge is 2.39. The Bertz CT molecular complexity index is 189. The van der Waals surface area contributed by atoms with E-state index < -0.39 is 0 Å². The molecular weight excluding hydrogens is 152 g/mol. The first-order valence-corrected chi connectivity index (χ1v) is 4.78. The molecule has 0 spiro atoms. The lowest BCUT2D eigenvalue weighted by molar-refractivity contribution is -0.131. The fourth-order valence-corrected chi connectivity index (χ4v) is 1.95. The van der Waals surface area contributed by atoms with Gasteiger partial charge in [0, 0.05) is 19.1 Å². The highest BCUT2D eigenvalue weighted by atomic mass is 16.2. The van der Waals surface area contributed by atoms with E-state index >= 15 is 0 Å². The van der Waals surface area contributed by atoms with Crippen molar-refractivity contribution < 1.29 is 4.79 Å². The van der Waals surface area contributed by atoms with Crippen LogP contribution in [-0.4, -0.2) is 37.0 Å². The monoisotopic (exact) mass is 168 g/mol. The van der Waals surface area contributed by atoms with E-state index in [4.69, 9.17) is 0 Å². The molecule has 1 atom stereocenters. The van der Waals surface area contributed by atoms with Crippen molar-refractivity contribution in [1.29, 1.82) is 0 Å². The van der Waals surface area contributed by atoms with Crippen LogP contribution in [0.5, 0.6) is 0 Å². The smallest absolute Gasteiger partial charge is 0.227 e. The summed E-state index contributed by atoms with van der Waals surface area (Å²) >= 11 is 0. The summed E-state index contributed by atoms with van der Waals surface area (Å²) in [6.07, 6.45) is 3.52. The molecule has 0 radical (unpaired) electrons. The van der Waals surface area contributed by atoms with Crippen molar-refractivity contribution >= 4 is 5.91 Å². The minimum Gasteiger partial charge on any atom is -0.339 e. The summed E-state index contributed by atoms with van der Waals surface area (Å²) in [7, 11) is 1.91. The molecule has 1 saturated heterocycles. The molecule has 1 saturated carbocycles. The summed E-state index contributed by atoms with van der Waals surface area (Å²) in [5.41, 5.74) is 0. The zero-order valence-electron chi connectivity index (χ0n) is 7.55. The van der Waals surface area contributed by atoms with Crippen LogP contribution in [0.15, 0.2) is 0 Å². The van der Waals surface area contributed by atoms with Gasteiger partial charge in [-0.15, -0.1) is 0 Å². The number of carbonyl (C=O) groups excluding carboxylic acids is 1. The summed E-state index contributed by atoms with van der Waals surface area (Å²) in [5.74, 6) is 0.641. The molecule has 1 aliphatic heterocycles. The Hall–Kier alpha value is -0.570. The van der Waals surface area contributed by atoms with Crippen LogP contribution in [0.3, 0.4) is 0 Å². The van der Waals surface area contributed by atoms with Crippen LogP contribution >= 0.6 is 0 Å². The average Bonchev–Trinajstić information content (AvgIpc) is 2.82. The minimum absolute atomic E-state index is 0.260. The Kier molecular flexibility index (Phi) is 2.05. The van der Waals surface area contributed by atoms with Crippen molar-refractivity contribution in [2.45, 2.75) is 25.3 Å². The van der Waals surface area contributed by atoms with Gasteiger partial charge in [-0.2, -0.15) is 0 Å². The number of hydrogen-bond donors (Lipinski definition) is 1. The third kappa shape index (κ3) is 1.33. The molecule has 1 N–H and O–H groups in total. The van der Waals surface area contributed by atoms with Gasteiger partial charge in [-0.1, -0.05) is 0 Å². The molecule has 0 aromatic rings. The van der Waals surface area contributed by atoms with E-state index in [1.54, 1.807) is 0 Å². The fraction of sp³-hybridized carbons (Fsp3) is 0.889. The highest BCUT2D eigenvalue weighted by molar-refractivity contribution is 5.81. The third-order valence-corrected chi connectivity index (χ3v) is 2.79. The van der Waals surface area contributed by atoms with Crippen LogP contribution in [0.4, 0.5) is 0 Å². The molecule has 12 heavy (non-hydrogen) atoms. The Labute approximate surface area is 73.1 Å².